The van der Waals surface area contributed by atoms with E-state index < -0.39 is 11.9 Å². The lowest BCUT2D eigenvalue weighted by molar-refractivity contribution is -0.139. The molecule has 1 unspecified atom stereocenters. The van der Waals surface area contributed by atoms with Gasteiger partial charge < -0.3 is 24.7 Å². The number of benzene rings is 1. The molecule has 0 saturated heterocycles. The highest BCUT2D eigenvalue weighted by atomic mass is 16.5. The second kappa shape index (κ2) is 9.69. The van der Waals surface area contributed by atoms with Crippen molar-refractivity contribution < 1.29 is 23.7 Å². The van der Waals surface area contributed by atoms with Crippen LogP contribution < -0.4 is 15.2 Å². The Kier molecular flexibility index (Phi) is 7.32. The largest absolute Gasteiger partial charge is 0.493 e. The SMILES string of the molecule is C=CCc1cc(C2C(C#N)=C(N)OC(C)=C2C(=O)OCC)cc(OC)c1OCC. The molecule has 7 nitrogen and oxygen atoms in total. The molecular formula is C22H26N2O5. The smallest absolute Gasteiger partial charge is 0.338 e. The Balaban J connectivity index is 2.76. The second-order valence-electron chi connectivity index (χ2n) is 6.25. The van der Waals surface area contributed by atoms with Crippen molar-refractivity contribution in [2.24, 2.45) is 5.73 Å². The molecule has 1 aliphatic heterocycles. The minimum Gasteiger partial charge on any atom is -0.493 e. The van der Waals surface area contributed by atoms with Gasteiger partial charge in [-0.05, 0) is 38.8 Å². The molecule has 154 valence electrons. The van der Waals surface area contributed by atoms with Gasteiger partial charge in [0.05, 0.1) is 31.8 Å². The van der Waals surface area contributed by atoms with Gasteiger partial charge in [0, 0.05) is 5.56 Å². The first-order valence-electron chi connectivity index (χ1n) is 9.33. The number of carbonyl (C=O) groups excluding carboxylic acids is 1. The third-order valence-corrected chi connectivity index (χ3v) is 4.46. The molecule has 2 N–H and O–H groups in total. The molecule has 1 aromatic rings. The number of hydrogen-bond acceptors (Lipinski definition) is 7. The summed E-state index contributed by atoms with van der Waals surface area (Å²) in [6.07, 6.45) is 2.26. The molecule has 0 bridgehead atoms. The Morgan fingerprint density at radius 3 is 2.66 bits per heavy atom. The summed E-state index contributed by atoms with van der Waals surface area (Å²) in [6.45, 7) is 9.66. The van der Waals surface area contributed by atoms with Crippen LogP contribution in [-0.4, -0.2) is 26.3 Å². The van der Waals surface area contributed by atoms with E-state index in [4.69, 9.17) is 24.7 Å². The fraction of sp³-hybridized carbons (Fsp3) is 0.364. The number of nitrogens with two attached hydrogens (primary N) is 1. The molecule has 7 heteroatoms. The standard InChI is InChI=1S/C22H26N2O5/c1-6-9-14-10-15(11-17(26-5)20(14)27-7-2)19-16(12-23)21(24)29-13(4)18(19)22(25)28-8-3/h6,10-11,19H,1,7-9,24H2,2-5H3. The highest BCUT2D eigenvalue weighted by Gasteiger charge is 2.37. The quantitative estimate of drug-likeness (QED) is 0.528. The van der Waals surface area contributed by atoms with Crippen molar-refractivity contribution >= 4 is 5.97 Å². The zero-order valence-electron chi connectivity index (χ0n) is 17.2. The maximum atomic E-state index is 12.7. The number of esters is 1. The summed E-state index contributed by atoms with van der Waals surface area (Å²) in [4.78, 5) is 12.7. The fourth-order valence-corrected chi connectivity index (χ4v) is 3.31. The second-order valence-corrected chi connectivity index (χ2v) is 6.25. The number of hydrogen-bond donors (Lipinski definition) is 1. The van der Waals surface area contributed by atoms with E-state index in [1.165, 1.54) is 7.11 Å². The van der Waals surface area contributed by atoms with Gasteiger partial charge in [-0.15, -0.1) is 6.58 Å². The Labute approximate surface area is 171 Å². The Morgan fingerprint density at radius 1 is 1.38 bits per heavy atom. The van der Waals surface area contributed by atoms with E-state index in [2.05, 4.69) is 12.6 Å². The number of nitrogens with zero attached hydrogens (tertiary/aromatic N) is 1. The van der Waals surface area contributed by atoms with Crippen molar-refractivity contribution in [2.45, 2.75) is 33.1 Å². The normalized spacial score (nSPS) is 16.0. The summed E-state index contributed by atoms with van der Waals surface area (Å²) in [5.41, 5.74) is 7.79. The van der Waals surface area contributed by atoms with Gasteiger partial charge >= 0.3 is 5.97 Å². The summed E-state index contributed by atoms with van der Waals surface area (Å²) >= 11 is 0. The highest BCUT2D eigenvalue weighted by molar-refractivity contribution is 5.92. The van der Waals surface area contributed by atoms with E-state index in [1.54, 1.807) is 26.0 Å². The molecule has 1 aromatic carbocycles. The van der Waals surface area contributed by atoms with Crippen LogP contribution in [0.4, 0.5) is 0 Å². The van der Waals surface area contributed by atoms with Crippen molar-refractivity contribution in [3.63, 3.8) is 0 Å². The van der Waals surface area contributed by atoms with Gasteiger partial charge in [0.1, 0.15) is 17.4 Å². The third-order valence-electron chi connectivity index (χ3n) is 4.46. The summed E-state index contributed by atoms with van der Waals surface area (Å²) < 4.78 is 22.0. The average Bonchev–Trinajstić information content (AvgIpc) is 2.69. The number of carbonyl (C=O) groups is 1. The van der Waals surface area contributed by atoms with Crippen LogP contribution in [-0.2, 0) is 20.7 Å². The summed E-state index contributed by atoms with van der Waals surface area (Å²) in [7, 11) is 1.53. The monoisotopic (exact) mass is 398 g/mol. The first-order chi connectivity index (χ1) is 13.9. The van der Waals surface area contributed by atoms with Crippen molar-refractivity contribution in [1.82, 2.24) is 0 Å². The fourth-order valence-electron chi connectivity index (χ4n) is 3.31. The molecule has 0 spiro atoms. The minimum absolute atomic E-state index is 0.0406. The number of ether oxygens (including phenoxy) is 4. The number of rotatable bonds is 8. The van der Waals surface area contributed by atoms with E-state index >= 15 is 0 Å². The molecule has 29 heavy (non-hydrogen) atoms. The maximum Gasteiger partial charge on any atom is 0.338 e. The van der Waals surface area contributed by atoms with Gasteiger partial charge in [-0.2, -0.15) is 5.26 Å². The van der Waals surface area contributed by atoms with Gasteiger partial charge in [0.25, 0.3) is 0 Å². The van der Waals surface area contributed by atoms with Crippen molar-refractivity contribution in [1.29, 1.82) is 5.26 Å². The molecule has 2 rings (SSSR count). The lowest BCUT2D eigenvalue weighted by atomic mass is 9.82. The maximum absolute atomic E-state index is 12.7. The van der Waals surface area contributed by atoms with Crippen LogP contribution in [0.3, 0.4) is 0 Å². The third kappa shape index (κ3) is 4.37. The molecule has 1 heterocycles. The topological polar surface area (TPSA) is 104 Å². The molecule has 0 radical (unpaired) electrons. The summed E-state index contributed by atoms with van der Waals surface area (Å²) in [6, 6.07) is 5.68. The van der Waals surface area contributed by atoms with Crippen LogP contribution in [0.5, 0.6) is 11.5 Å². The van der Waals surface area contributed by atoms with Crippen LogP contribution >= 0.6 is 0 Å². The molecule has 0 fully saturated rings. The Hall–Kier alpha value is -3.40. The van der Waals surface area contributed by atoms with Crippen molar-refractivity contribution in [3.8, 4) is 17.6 Å². The number of allylic oxidation sites excluding steroid dienone is 3. The lowest BCUT2D eigenvalue weighted by Gasteiger charge is -2.28. The number of methoxy groups -OCH3 is 1. The predicted octanol–water partition coefficient (Wildman–Crippen LogP) is 3.47. The van der Waals surface area contributed by atoms with Gasteiger partial charge in [-0.25, -0.2) is 4.79 Å². The average molecular weight is 398 g/mol. The van der Waals surface area contributed by atoms with Crippen LogP contribution in [0.25, 0.3) is 0 Å². The van der Waals surface area contributed by atoms with E-state index in [9.17, 15) is 10.1 Å². The van der Waals surface area contributed by atoms with E-state index in [0.29, 0.717) is 35.8 Å². The minimum atomic E-state index is -0.749. The molecule has 0 amide bonds. The molecular weight excluding hydrogens is 372 g/mol. The van der Waals surface area contributed by atoms with E-state index in [1.807, 2.05) is 13.0 Å². The Morgan fingerprint density at radius 2 is 2.10 bits per heavy atom. The van der Waals surface area contributed by atoms with Gasteiger partial charge in [0.2, 0.25) is 5.88 Å². The predicted molar refractivity (Wildman–Crippen MR) is 108 cm³/mol. The molecule has 1 aliphatic rings. The van der Waals surface area contributed by atoms with Crippen LogP contribution in [0.15, 0.2) is 47.6 Å². The van der Waals surface area contributed by atoms with Gasteiger partial charge in [-0.3, -0.25) is 0 Å². The van der Waals surface area contributed by atoms with Crippen LogP contribution in [0.2, 0.25) is 0 Å². The van der Waals surface area contributed by atoms with Crippen molar-refractivity contribution in [3.05, 3.63) is 58.7 Å². The highest BCUT2D eigenvalue weighted by Crippen LogP contribution is 2.43. The summed E-state index contributed by atoms with van der Waals surface area (Å²) in [5.74, 6) is 0.0301. The van der Waals surface area contributed by atoms with Gasteiger partial charge in [-0.1, -0.05) is 12.1 Å². The van der Waals surface area contributed by atoms with Gasteiger partial charge in [0.15, 0.2) is 11.5 Å². The zero-order chi connectivity index (χ0) is 21.6. The van der Waals surface area contributed by atoms with Crippen LogP contribution in [0.1, 0.15) is 37.8 Å². The lowest BCUT2D eigenvalue weighted by Crippen LogP contribution is -2.25. The molecule has 0 saturated carbocycles. The molecule has 0 aliphatic carbocycles. The molecule has 0 aromatic heterocycles. The first-order valence-corrected chi connectivity index (χ1v) is 9.33. The molecule has 1 atom stereocenters. The van der Waals surface area contributed by atoms with Crippen molar-refractivity contribution in [2.75, 3.05) is 20.3 Å². The number of nitriles is 1. The van der Waals surface area contributed by atoms with Crippen LogP contribution in [0, 0.1) is 11.3 Å². The first kappa shape index (κ1) is 21.9. The van der Waals surface area contributed by atoms with E-state index in [0.717, 1.165) is 5.56 Å². The zero-order valence-corrected chi connectivity index (χ0v) is 17.2. The summed E-state index contributed by atoms with van der Waals surface area (Å²) in [5, 5.41) is 9.73. The van der Waals surface area contributed by atoms with E-state index in [-0.39, 0.29) is 23.6 Å². The Bertz CT molecular complexity index is 909.